The van der Waals surface area contributed by atoms with Crippen molar-refractivity contribution < 1.29 is 4.74 Å². The maximum absolute atomic E-state index is 6.10. The Hall–Kier alpha value is -0.560. The van der Waals surface area contributed by atoms with Crippen LogP contribution in [0.15, 0.2) is 23.3 Å². The van der Waals surface area contributed by atoms with Gasteiger partial charge in [0.15, 0.2) is 0 Å². The summed E-state index contributed by atoms with van der Waals surface area (Å²) in [5, 5.41) is 0. The zero-order valence-electron chi connectivity index (χ0n) is 34.9. The van der Waals surface area contributed by atoms with Crippen molar-refractivity contribution in [2.75, 3.05) is 13.2 Å². The third-order valence-electron chi connectivity index (χ3n) is 14.6. The van der Waals surface area contributed by atoms with Gasteiger partial charge in [-0.25, -0.2) is 0 Å². The first-order chi connectivity index (χ1) is 25.2. The predicted octanol–water partition coefficient (Wildman–Crippen LogP) is 16.7. The van der Waals surface area contributed by atoms with E-state index in [9.17, 15) is 0 Å². The number of unbranched alkanes of at least 4 members (excludes halogenated alkanes) is 8. The highest BCUT2D eigenvalue weighted by Gasteiger charge is 2.23. The molecule has 0 spiro atoms. The largest absolute Gasteiger partial charge is 0.381 e. The van der Waals surface area contributed by atoms with Crippen LogP contribution in [0.25, 0.3) is 0 Å². The second-order valence-corrected chi connectivity index (χ2v) is 18.9. The highest BCUT2D eigenvalue weighted by Crippen LogP contribution is 2.38. The molecule has 0 radical (unpaired) electrons. The first-order valence-corrected chi connectivity index (χ1v) is 24.1. The fraction of sp³-hybridized carbons (Fsp3) is 0.920. The Morgan fingerprint density at radius 1 is 0.392 bits per heavy atom. The lowest BCUT2D eigenvalue weighted by molar-refractivity contribution is 0.129. The smallest absolute Gasteiger partial charge is 0.0469 e. The average Bonchev–Trinajstić information content (AvgIpc) is 3.16. The second-order valence-electron chi connectivity index (χ2n) is 18.9. The molecular weight excluding hydrogens is 617 g/mol. The van der Waals surface area contributed by atoms with Crippen LogP contribution in [0.1, 0.15) is 245 Å². The van der Waals surface area contributed by atoms with Crippen LogP contribution in [-0.2, 0) is 4.74 Å². The number of ether oxygens (including phenoxy) is 1. The lowest BCUT2D eigenvalue weighted by Gasteiger charge is -2.29. The molecule has 0 aromatic carbocycles. The van der Waals surface area contributed by atoms with Gasteiger partial charge in [0.1, 0.15) is 0 Å². The van der Waals surface area contributed by atoms with Crippen LogP contribution in [-0.4, -0.2) is 13.2 Å². The van der Waals surface area contributed by atoms with E-state index in [0.29, 0.717) is 0 Å². The summed E-state index contributed by atoms with van der Waals surface area (Å²) >= 11 is 0. The van der Waals surface area contributed by atoms with Crippen LogP contribution in [0.4, 0.5) is 0 Å². The van der Waals surface area contributed by atoms with E-state index in [1.54, 1.807) is 11.1 Å². The van der Waals surface area contributed by atoms with Crippen molar-refractivity contribution >= 4 is 0 Å². The van der Waals surface area contributed by atoms with Crippen LogP contribution in [0, 0.1) is 35.5 Å². The Labute approximate surface area is 320 Å². The normalized spacial score (nSPS) is 27.3. The third kappa shape index (κ3) is 19.6. The number of allylic oxidation sites excluding steroid dienone is 4. The Morgan fingerprint density at radius 3 is 1.10 bits per heavy atom. The van der Waals surface area contributed by atoms with Gasteiger partial charge in [0.2, 0.25) is 0 Å². The Balaban J connectivity index is 0.902. The zero-order chi connectivity index (χ0) is 35.6. The minimum atomic E-state index is 0.962. The standard InChI is InChI=1S/C50H90O/c1-3-5-7-9-11-17-43-25-29-45(30-26-43)19-13-21-47-33-37-49(38-34-47)23-15-41-51-42-16-24-50-39-35-48(36-40-50)22-14-20-46-31-27-44(28-32-46)18-12-10-8-6-4-2/h37,39,43-48H,3-36,38,40-42H2,1-2H3. The second kappa shape index (κ2) is 27.9. The van der Waals surface area contributed by atoms with Gasteiger partial charge in [-0.05, 0) is 99.7 Å². The molecule has 0 aromatic heterocycles. The van der Waals surface area contributed by atoms with E-state index in [1.807, 2.05) is 0 Å². The van der Waals surface area contributed by atoms with Gasteiger partial charge in [-0.15, -0.1) is 0 Å². The summed E-state index contributed by atoms with van der Waals surface area (Å²) in [5.41, 5.74) is 3.47. The average molecular weight is 707 g/mol. The number of hydrogen-bond donors (Lipinski definition) is 0. The zero-order valence-corrected chi connectivity index (χ0v) is 34.9. The van der Waals surface area contributed by atoms with Crippen molar-refractivity contribution in [3.05, 3.63) is 23.3 Å². The fourth-order valence-corrected chi connectivity index (χ4v) is 10.8. The minimum absolute atomic E-state index is 0.962. The highest BCUT2D eigenvalue weighted by molar-refractivity contribution is 5.07. The molecule has 296 valence electrons. The van der Waals surface area contributed by atoms with E-state index in [0.717, 1.165) is 48.7 Å². The molecule has 2 atom stereocenters. The van der Waals surface area contributed by atoms with Gasteiger partial charge in [0.25, 0.3) is 0 Å². The first kappa shape index (κ1) is 43.2. The van der Waals surface area contributed by atoms with E-state index >= 15 is 0 Å². The van der Waals surface area contributed by atoms with Gasteiger partial charge in [-0.2, -0.15) is 0 Å². The van der Waals surface area contributed by atoms with Gasteiger partial charge < -0.3 is 4.74 Å². The molecular formula is C50H90O. The molecule has 1 nitrogen and oxygen atoms in total. The van der Waals surface area contributed by atoms with Gasteiger partial charge >= 0.3 is 0 Å². The molecule has 0 bridgehead atoms. The van der Waals surface area contributed by atoms with Crippen LogP contribution < -0.4 is 0 Å². The molecule has 2 saturated carbocycles. The molecule has 0 N–H and O–H groups in total. The maximum Gasteiger partial charge on any atom is 0.0469 e. The Bertz CT molecular complexity index is 811. The fourth-order valence-electron chi connectivity index (χ4n) is 10.8. The molecule has 2 fully saturated rings. The van der Waals surface area contributed by atoms with Crippen molar-refractivity contribution in [2.45, 2.75) is 245 Å². The molecule has 0 heterocycles. The van der Waals surface area contributed by atoms with E-state index in [4.69, 9.17) is 4.74 Å². The third-order valence-corrected chi connectivity index (χ3v) is 14.6. The minimum Gasteiger partial charge on any atom is -0.381 e. The van der Waals surface area contributed by atoms with Gasteiger partial charge in [0.05, 0.1) is 0 Å². The lowest BCUT2D eigenvalue weighted by atomic mass is 9.77. The van der Waals surface area contributed by atoms with Gasteiger partial charge in [-0.1, -0.05) is 204 Å². The summed E-state index contributed by atoms with van der Waals surface area (Å²) in [7, 11) is 0. The first-order valence-electron chi connectivity index (χ1n) is 24.1. The monoisotopic (exact) mass is 707 g/mol. The van der Waals surface area contributed by atoms with E-state index in [1.165, 1.54) is 231 Å². The van der Waals surface area contributed by atoms with Gasteiger partial charge in [0, 0.05) is 13.2 Å². The van der Waals surface area contributed by atoms with Crippen LogP contribution in [0.3, 0.4) is 0 Å². The van der Waals surface area contributed by atoms with E-state index in [2.05, 4.69) is 26.0 Å². The predicted molar refractivity (Wildman–Crippen MR) is 225 cm³/mol. The quantitative estimate of drug-likeness (QED) is 0.0581. The van der Waals surface area contributed by atoms with Crippen molar-refractivity contribution in [1.82, 2.24) is 0 Å². The van der Waals surface area contributed by atoms with E-state index < -0.39 is 0 Å². The summed E-state index contributed by atoms with van der Waals surface area (Å²) < 4.78 is 6.10. The topological polar surface area (TPSA) is 9.23 Å². The van der Waals surface area contributed by atoms with Crippen molar-refractivity contribution in [1.29, 1.82) is 0 Å². The molecule has 4 aliphatic rings. The Kier molecular flexibility index (Phi) is 23.6. The van der Waals surface area contributed by atoms with E-state index in [-0.39, 0.29) is 0 Å². The summed E-state index contributed by atoms with van der Waals surface area (Å²) in [6, 6.07) is 0. The SMILES string of the molecule is CCCCCCCC1CCC(CCCC2CC=C(CCCOCCCC3=CCC(CCCC4CCC(CCCCCCC)CC4)CC3)CC2)CC1. The Morgan fingerprint density at radius 2 is 0.745 bits per heavy atom. The van der Waals surface area contributed by atoms with Crippen molar-refractivity contribution in [3.63, 3.8) is 0 Å². The van der Waals surface area contributed by atoms with Gasteiger partial charge in [-0.3, -0.25) is 0 Å². The molecule has 1 heteroatoms. The van der Waals surface area contributed by atoms with Crippen LogP contribution in [0.2, 0.25) is 0 Å². The molecule has 4 aliphatic carbocycles. The molecule has 0 saturated heterocycles. The molecule has 0 amide bonds. The maximum atomic E-state index is 6.10. The molecule has 51 heavy (non-hydrogen) atoms. The summed E-state index contributed by atoms with van der Waals surface area (Å²) in [6.45, 7) is 6.58. The summed E-state index contributed by atoms with van der Waals surface area (Å²) in [6.07, 6.45) is 57.5. The molecule has 4 rings (SSSR count). The highest BCUT2D eigenvalue weighted by atomic mass is 16.5. The van der Waals surface area contributed by atoms with Crippen molar-refractivity contribution in [2.24, 2.45) is 35.5 Å². The van der Waals surface area contributed by atoms with Crippen LogP contribution >= 0.6 is 0 Å². The molecule has 2 unspecified atom stereocenters. The number of hydrogen-bond acceptors (Lipinski definition) is 1. The summed E-state index contributed by atoms with van der Waals surface area (Å²) in [4.78, 5) is 0. The van der Waals surface area contributed by atoms with Crippen molar-refractivity contribution in [3.8, 4) is 0 Å². The summed E-state index contributed by atoms with van der Waals surface area (Å²) in [5.74, 6) is 6.18. The number of rotatable bonds is 28. The van der Waals surface area contributed by atoms with Crippen LogP contribution in [0.5, 0.6) is 0 Å². The molecule has 0 aromatic rings. The molecule has 0 aliphatic heterocycles. The lowest BCUT2D eigenvalue weighted by Crippen LogP contribution is -2.15.